The molecule has 3 rings (SSSR count). The first kappa shape index (κ1) is 45.1. The molecular weight excluding hydrogens is 694 g/mol. The molecule has 0 aromatic heterocycles. The van der Waals surface area contributed by atoms with E-state index in [0.29, 0.717) is 25.3 Å². The molecule has 0 heterocycles. The van der Waals surface area contributed by atoms with Crippen LogP contribution in [-0.4, -0.2) is 37.7 Å². The van der Waals surface area contributed by atoms with Crippen LogP contribution in [-0.2, 0) is 31.5 Å². The second kappa shape index (κ2) is 21.4. The molecule has 0 radical (unpaired) electrons. The van der Waals surface area contributed by atoms with E-state index in [1.807, 2.05) is 0 Å². The number of benzene rings is 3. The molecule has 256 valence electrons. The Morgan fingerprint density at radius 2 is 1.37 bits per heavy atom. The van der Waals surface area contributed by atoms with Crippen molar-refractivity contribution in [2.45, 2.75) is 100 Å². The number of nitrogens with one attached hydrogen (secondary N) is 2. The topological polar surface area (TPSA) is 233 Å². The Kier molecular flexibility index (Phi) is 19.7. The zero-order chi connectivity index (χ0) is 34.6. The van der Waals surface area contributed by atoms with Gasteiger partial charge in [-0.2, -0.15) is 21.9 Å². The summed E-state index contributed by atoms with van der Waals surface area (Å²) < 4.78 is 68.8. The minimum absolute atomic E-state index is 0. The van der Waals surface area contributed by atoms with Crippen molar-refractivity contribution in [1.29, 1.82) is 5.41 Å². The monoisotopic (exact) mass is 734 g/mol. The number of azo groups is 1. The molecule has 0 aliphatic carbocycles. The van der Waals surface area contributed by atoms with Crippen LogP contribution in [0.1, 0.15) is 89.5 Å². The molecule has 0 aliphatic heterocycles. The molecule has 49 heavy (non-hydrogen) atoms. The van der Waals surface area contributed by atoms with Crippen molar-refractivity contribution in [2.75, 3.05) is 5.32 Å². The van der Waals surface area contributed by atoms with Gasteiger partial charge in [-0.3, -0.25) is 13.9 Å². The van der Waals surface area contributed by atoms with Gasteiger partial charge in [0.25, 0.3) is 20.2 Å². The zero-order valence-corrected chi connectivity index (χ0v) is 33.8. The number of carbonyl (C=O) groups excluding carboxylic acids is 1. The standard InChI is InChI=1S/C32H42N4O9S2.2Na/c1-2-3-4-5-6-7-11-14-29(38)34-25-19-20-26(46(40,41)42)24-21-27(47(43,44)45)31(32(39)30(24)25)36-35-23-17-15-22(16-18-23)12-9-8-10-13-28(33)37;;/h15-21,39H,2-14H2,1H3,(H2,33,37)(H,34,38)(H,40,41,42)(H,43,44,45);;/q;2*+1/p-2. The van der Waals surface area contributed by atoms with Gasteiger partial charge < -0.3 is 20.9 Å². The van der Waals surface area contributed by atoms with E-state index in [0.717, 1.165) is 69.1 Å². The number of nitrogens with zero attached hydrogens (tertiary/aromatic N) is 2. The van der Waals surface area contributed by atoms with E-state index < -0.39 is 64.0 Å². The molecule has 0 saturated carbocycles. The zero-order valence-electron chi connectivity index (χ0n) is 28.2. The first-order chi connectivity index (χ1) is 22.2. The molecule has 1 amide bonds. The molecule has 0 saturated heterocycles. The van der Waals surface area contributed by atoms with Gasteiger partial charge in [0, 0.05) is 22.9 Å². The first-order valence-electron chi connectivity index (χ1n) is 15.5. The molecule has 0 fully saturated rings. The predicted molar refractivity (Wildman–Crippen MR) is 175 cm³/mol. The van der Waals surface area contributed by atoms with Crippen LogP contribution in [0.15, 0.2) is 62.5 Å². The molecule has 0 spiro atoms. The molecule has 0 aliphatic rings. The SMILES string of the molecule is CCCCCCCCCC(=O)Nc1ccc(S(=O)(=O)O)c2cc(S(=O)(=O)O)c(N=Nc3ccc(CCCCCC(=N)[O-])cc3)c([O-])c12.[Na+].[Na+]. The molecular formula is C32H40N4Na2O9S2. The summed E-state index contributed by atoms with van der Waals surface area (Å²) in [6, 6.07) is 9.41. The van der Waals surface area contributed by atoms with Crippen LogP contribution >= 0.6 is 0 Å². The number of hydrogen-bond acceptors (Lipinski definition) is 10. The predicted octanol–water partition coefficient (Wildman–Crippen LogP) is 0.350. The van der Waals surface area contributed by atoms with Crippen molar-refractivity contribution in [3.8, 4) is 5.75 Å². The van der Waals surface area contributed by atoms with Crippen LogP contribution in [0, 0.1) is 5.41 Å². The molecule has 0 unspecified atom stereocenters. The third kappa shape index (κ3) is 14.3. The van der Waals surface area contributed by atoms with Gasteiger partial charge in [-0.25, -0.2) is 0 Å². The number of rotatable bonds is 19. The quantitative estimate of drug-likeness (QED) is 0.0332. The fourth-order valence-electron chi connectivity index (χ4n) is 5.12. The van der Waals surface area contributed by atoms with E-state index in [2.05, 4.69) is 22.5 Å². The van der Waals surface area contributed by atoms with Gasteiger partial charge in [-0.05, 0) is 73.9 Å². The third-order valence-corrected chi connectivity index (χ3v) is 9.34. The summed E-state index contributed by atoms with van der Waals surface area (Å²) in [4.78, 5) is 10.9. The largest absolute Gasteiger partial charge is 1.00 e. The molecule has 13 nitrogen and oxygen atoms in total. The number of amides is 1. The van der Waals surface area contributed by atoms with Gasteiger partial charge in [0.15, 0.2) is 0 Å². The fourth-order valence-corrected chi connectivity index (χ4v) is 6.45. The van der Waals surface area contributed by atoms with Gasteiger partial charge in [0.2, 0.25) is 5.91 Å². The van der Waals surface area contributed by atoms with Crippen molar-refractivity contribution in [3.05, 3.63) is 48.0 Å². The maximum atomic E-state index is 13.8. The van der Waals surface area contributed by atoms with E-state index in [9.17, 15) is 40.9 Å². The number of carbonyl (C=O) groups is 1. The van der Waals surface area contributed by atoms with Gasteiger partial charge in [0.1, 0.15) is 9.79 Å². The van der Waals surface area contributed by atoms with Gasteiger partial charge in [-0.1, -0.05) is 69.8 Å². The number of hydrogen-bond donors (Lipinski definition) is 4. The number of unbranched alkanes of at least 4 members (excludes halogenated alkanes) is 8. The second-order valence-corrected chi connectivity index (χ2v) is 14.1. The maximum absolute atomic E-state index is 13.8. The van der Waals surface area contributed by atoms with Crippen molar-refractivity contribution in [3.63, 3.8) is 0 Å². The van der Waals surface area contributed by atoms with Crippen molar-refractivity contribution in [2.24, 2.45) is 10.2 Å². The van der Waals surface area contributed by atoms with Crippen LogP contribution in [0.4, 0.5) is 17.1 Å². The molecule has 0 atom stereocenters. The summed E-state index contributed by atoms with van der Waals surface area (Å²) in [6.45, 7) is 2.12. The Morgan fingerprint density at radius 3 is 1.96 bits per heavy atom. The van der Waals surface area contributed by atoms with E-state index in [1.54, 1.807) is 24.3 Å². The first-order valence-corrected chi connectivity index (χ1v) is 18.4. The van der Waals surface area contributed by atoms with E-state index in [4.69, 9.17) is 5.41 Å². The van der Waals surface area contributed by atoms with E-state index >= 15 is 0 Å². The van der Waals surface area contributed by atoms with E-state index in [1.165, 1.54) is 0 Å². The van der Waals surface area contributed by atoms with Crippen molar-refractivity contribution < 1.29 is 100 Å². The van der Waals surface area contributed by atoms with Crippen LogP contribution < -0.4 is 74.6 Å². The van der Waals surface area contributed by atoms with Crippen LogP contribution in [0.25, 0.3) is 10.8 Å². The minimum atomic E-state index is -5.15. The normalized spacial score (nSPS) is 11.7. The molecule has 17 heteroatoms. The number of fused-ring (bicyclic) bond motifs is 1. The molecule has 4 N–H and O–H groups in total. The van der Waals surface area contributed by atoms with Crippen molar-refractivity contribution >= 4 is 59.9 Å². The fraction of sp³-hybridized carbons (Fsp3) is 0.438. The maximum Gasteiger partial charge on any atom is 1.00 e. The minimum Gasteiger partial charge on any atom is -0.870 e. The van der Waals surface area contributed by atoms with Gasteiger partial charge >= 0.3 is 59.1 Å². The Morgan fingerprint density at radius 1 is 0.796 bits per heavy atom. The summed E-state index contributed by atoms with van der Waals surface area (Å²) in [5.74, 6) is -2.19. The average molecular weight is 735 g/mol. The van der Waals surface area contributed by atoms with E-state index in [-0.39, 0.29) is 83.3 Å². The Bertz CT molecular complexity index is 1820. The summed E-state index contributed by atoms with van der Waals surface area (Å²) in [7, 11) is -10.1. The average Bonchev–Trinajstić information content (AvgIpc) is 2.99. The number of aryl methyl sites for hydroxylation is 1. The van der Waals surface area contributed by atoms with Crippen LogP contribution in [0.2, 0.25) is 0 Å². The Hall–Kier alpha value is -1.92. The van der Waals surface area contributed by atoms with Gasteiger partial charge in [0.05, 0.1) is 11.4 Å². The Labute approximate surface area is 332 Å². The van der Waals surface area contributed by atoms with Crippen LogP contribution in [0.5, 0.6) is 5.75 Å². The summed E-state index contributed by atoms with van der Waals surface area (Å²) in [6.07, 6.45) is 10.1. The second-order valence-electron chi connectivity index (χ2n) is 11.3. The number of anilines is 1. The summed E-state index contributed by atoms with van der Waals surface area (Å²) in [5, 5.41) is 40.9. The third-order valence-electron chi connectivity index (χ3n) is 7.56. The van der Waals surface area contributed by atoms with Gasteiger partial charge in [-0.15, -0.1) is 5.11 Å². The van der Waals surface area contributed by atoms with Crippen molar-refractivity contribution in [1.82, 2.24) is 0 Å². The Balaban J connectivity index is 0.00000600. The summed E-state index contributed by atoms with van der Waals surface area (Å²) in [5.41, 5.74) is 0.247. The van der Waals surface area contributed by atoms with Crippen LogP contribution in [0.3, 0.4) is 0 Å². The molecule has 0 bridgehead atoms. The smallest absolute Gasteiger partial charge is 0.870 e. The molecule has 3 aromatic rings. The summed E-state index contributed by atoms with van der Waals surface area (Å²) >= 11 is 0. The molecule has 3 aromatic carbocycles.